The smallest absolute Gasteiger partial charge is 0.127 e. The van der Waals surface area contributed by atoms with Crippen molar-refractivity contribution in [3.63, 3.8) is 0 Å². The summed E-state index contributed by atoms with van der Waals surface area (Å²) in [5, 5.41) is 3.39. The fourth-order valence-electron chi connectivity index (χ4n) is 3.23. The van der Waals surface area contributed by atoms with Crippen molar-refractivity contribution in [3.05, 3.63) is 22.8 Å². The van der Waals surface area contributed by atoms with E-state index in [9.17, 15) is 0 Å². The van der Waals surface area contributed by atoms with E-state index in [1.54, 1.807) is 14.2 Å². The number of hydrogen-bond acceptors (Lipinski definition) is 4. The van der Waals surface area contributed by atoms with Crippen molar-refractivity contribution in [3.8, 4) is 11.5 Å². The molecule has 1 aromatic carbocycles. The minimum atomic E-state index is 0.575. The normalized spacial score (nSPS) is 18.4. The van der Waals surface area contributed by atoms with Gasteiger partial charge in [0, 0.05) is 35.8 Å². The maximum Gasteiger partial charge on any atom is 0.127 e. The zero-order valence-corrected chi connectivity index (χ0v) is 14.0. The molecule has 21 heavy (non-hydrogen) atoms. The molecule has 1 N–H and O–H groups in total. The number of nitrogens with one attached hydrogen (secondary N) is 1. The highest BCUT2D eigenvalue weighted by atomic mass is 16.5. The van der Waals surface area contributed by atoms with Gasteiger partial charge >= 0.3 is 0 Å². The van der Waals surface area contributed by atoms with Gasteiger partial charge in [-0.15, -0.1) is 0 Å². The van der Waals surface area contributed by atoms with Crippen LogP contribution in [-0.4, -0.2) is 38.8 Å². The maximum absolute atomic E-state index is 5.75. The number of benzene rings is 1. The Labute approximate surface area is 128 Å². The lowest BCUT2D eigenvalue weighted by Gasteiger charge is -2.35. The molecule has 0 amide bonds. The van der Waals surface area contributed by atoms with Crippen LogP contribution in [0.15, 0.2) is 6.07 Å². The fraction of sp³-hybridized carbons (Fsp3) is 0.647. The lowest BCUT2D eigenvalue weighted by Crippen LogP contribution is -2.37. The second-order valence-electron chi connectivity index (χ2n) is 5.69. The molecule has 1 aliphatic heterocycles. The number of methoxy groups -OCH3 is 2. The van der Waals surface area contributed by atoms with E-state index in [0.29, 0.717) is 6.04 Å². The van der Waals surface area contributed by atoms with Gasteiger partial charge in [-0.3, -0.25) is 4.90 Å². The van der Waals surface area contributed by atoms with Crippen molar-refractivity contribution >= 4 is 0 Å². The van der Waals surface area contributed by atoms with Crippen molar-refractivity contribution in [1.82, 2.24) is 10.2 Å². The average molecular weight is 292 g/mol. The zero-order chi connectivity index (χ0) is 15.4. The van der Waals surface area contributed by atoms with E-state index in [1.165, 1.54) is 16.7 Å². The monoisotopic (exact) mass is 292 g/mol. The first-order chi connectivity index (χ1) is 10.2. The van der Waals surface area contributed by atoms with Gasteiger partial charge in [-0.1, -0.05) is 13.8 Å². The SMILES string of the molecule is CCNCc1cc(OC)c2c(c1OC)CC(CC)N(C)C2. The van der Waals surface area contributed by atoms with Crippen molar-refractivity contribution < 1.29 is 9.47 Å². The Morgan fingerprint density at radius 3 is 2.57 bits per heavy atom. The van der Waals surface area contributed by atoms with Crippen molar-refractivity contribution in [2.45, 2.75) is 45.8 Å². The van der Waals surface area contributed by atoms with Crippen LogP contribution in [0.3, 0.4) is 0 Å². The number of nitrogens with zero attached hydrogens (tertiary/aromatic N) is 1. The predicted molar refractivity (Wildman–Crippen MR) is 86.2 cm³/mol. The largest absolute Gasteiger partial charge is 0.496 e. The lowest BCUT2D eigenvalue weighted by atomic mass is 9.89. The highest BCUT2D eigenvalue weighted by molar-refractivity contribution is 5.55. The Hall–Kier alpha value is -1.26. The van der Waals surface area contributed by atoms with Crippen LogP contribution in [0.1, 0.15) is 37.0 Å². The first-order valence-electron chi connectivity index (χ1n) is 7.82. The van der Waals surface area contributed by atoms with Crippen molar-refractivity contribution in [2.24, 2.45) is 0 Å². The molecule has 1 aromatic rings. The lowest BCUT2D eigenvalue weighted by molar-refractivity contribution is 0.203. The van der Waals surface area contributed by atoms with E-state index in [-0.39, 0.29) is 0 Å². The average Bonchev–Trinajstić information content (AvgIpc) is 2.51. The van der Waals surface area contributed by atoms with Gasteiger partial charge in [0.25, 0.3) is 0 Å². The fourth-order valence-corrected chi connectivity index (χ4v) is 3.23. The Balaban J connectivity index is 2.49. The number of rotatable bonds is 6. The van der Waals surface area contributed by atoms with Gasteiger partial charge in [0.05, 0.1) is 14.2 Å². The molecule has 0 bridgehead atoms. The molecule has 0 radical (unpaired) electrons. The minimum Gasteiger partial charge on any atom is -0.496 e. The molecule has 0 aliphatic carbocycles. The number of fused-ring (bicyclic) bond motifs is 1. The molecular weight excluding hydrogens is 264 g/mol. The van der Waals surface area contributed by atoms with Crippen molar-refractivity contribution in [2.75, 3.05) is 27.8 Å². The van der Waals surface area contributed by atoms with Crippen LogP contribution in [0.25, 0.3) is 0 Å². The zero-order valence-electron chi connectivity index (χ0n) is 14.0. The van der Waals surface area contributed by atoms with E-state index in [2.05, 4.69) is 37.2 Å². The van der Waals surface area contributed by atoms with Gasteiger partial charge in [0.15, 0.2) is 0 Å². The Morgan fingerprint density at radius 2 is 2.00 bits per heavy atom. The molecule has 0 spiro atoms. The van der Waals surface area contributed by atoms with Gasteiger partial charge < -0.3 is 14.8 Å². The second kappa shape index (κ2) is 7.14. The first kappa shape index (κ1) is 16.1. The summed E-state index contributed by atoms with van der Waals surface area (Å²) in [6, 6.07) is 2.70. The predicted octanol–water partition coefficient (Wildman–Crippen LogP) is 2.58. The Morgan fingerprint density at radius 1 is 1.24 bits per heavy atom. The van der Waals surface area contributed by atoms with Crippen LogP contribution in [0.4, 0.5) is 0 Å². The maximum atomic E-state index is 5.75. The summed E-state index contributed by atoms with van der Waals surface area (Å²) in [6.45, 7) is 7.05. The van der Waals surface area contributed by atoms with Crippen LogP contribution >= 0.6 is 0 Å². The third-order valence-corrected chi connectivity index (χ3v) is 4.46. The van der Waals surface area contributed by atoms with Crippen LogP contribution in [-0.2, 0) is 19.5 Å². The number of hydrogen-bond donors (Lipinski definition) is 1. The highest BCUT2D eigenvalue weighted by Gasteiger charge is 2.28. The van der Waals surface area contributed by atoms with Gasteiger partial charge in [0.1, 0.15) is 11.5 Å². The van der Waals surface area contributed by atoms with E-state index in [0.717, 1.165) is 44.0 Å². The standard InChI is InChI=1S/C17H28N2O2/c1-6-13-9-14-15(11-19(13)3)16(20-4)8-12(10-18-7-2)17(14)21-5/h8,13,18H,6-7,9-11H2,1-5H3. The van der Waals surface area contributed by atoms with E-state index in [1.807, 2.05) is 0 Å². The van der Waals surface area contributed by atoms with Gasteiger partial charge in [-0.25, -0.2) is 0 Å². The molecule has 2 rings (SSSR count). The van der Waals surface area contributed by atoms with E-state index >= 15 is 0 Å². The summed E-state index contributed by atoms with van der Waals surface area (Å²) in [7, 11) is 5.72. The number of likely N-dealkylation sites (N-methyl/N-ethyl adjacent to an activating group) is 1. The minimum absolute atomic E-state index is 0.575. The van der Waals surface area contributed by atoms with Gasteiger partial charge in [-0.05, 0) is 32.5 Å². The molecule has 0 saturated heterocycles. The third kappa shape index (κ3) is 3.16. The van der Waals surface area contributed by atoms with Crippen LogP contribution < -0.4 is 14.8 Å². The molecule has 118 valence electrons. The summed E-state index contributed by atoms with van der Waals surface area (Å²) < 4.78 is 11.4. The molecular formula is C17H28N2O2. The second-order valence-corrected chi connectivity index (χ2v) is 5.69. The summed E-state index contributed by atoms with van der Waals surface area (Å²) in [5.74, 6) is 2.03. The van der Waals surface area contributed by atoms with E-state index in [4.69, 9.17) is 9.47 Å². The molecule has 1 unspecified atom stereocenters. The molecule has 0 saturated carbocycles. The third-order valence-electron chi connectivity index (χ3n) is 4.46. The quantitative estimate of drug-likeness (QED) is 0.874. The van der Waals surface area contributed by atoms with Crippen LogP contribution in [0.5, 0.6) is 11.5 Å². The summed E-state index contributed by atoms with van der Waals surface area (Å²) in [4.78, 5) is 2.41. The molecule has 1 heterocycles. The Kier molecular flexibility index (Phi) is 5.48. The van der Waals surface area contributed by atoms with Gasteiger partial charge in [-0.2, -0.15) is 0 Å². The number of ether oxygens (including phenoxy) is 2. The summed E-state index contributed by atoms with van der Waals surface area (Å²) in [6.07, 6.45) is 2.18. The van der Waals surface area contributed by atoms with Crippen LogP contribution in [0.2, 0.25) is 0 Å². The molecule has 1 atom stereocenters. The molecule has 0 fully saturated rings. The summed E-state index contributed by atoms with van der Waals surface area (Å²) >= 11 is 0. The molecule has 4 nitrogen and oxygen atoms in total. The first-order valence-corrected chi connectivity index (χ1v) is 7.82. The van der Waals surface area contributed by atoms with Gasteiger partial charge in [0.2, 0.25) is 0 Å². The molecule has 0 aromatic heterocycles. The topological polar surface area (TPSA) is 33.7 Å². The van der Waals surface area contributed by atoms with E-state index < -0.39 is 0 Å². The van der Waals surface area contributed by atoms with Crippen molar-refractivity contribution in [1.29, 1.82) is 0 Å². The highest BCUT2D eigenvalue weighted by Crippen LogP contribution is 2.39. The van der Waals surface area contributed by atoms with Crippen LogP contribution in [0, 0.1) is 0 Å². The molecule has 4 heteroatoms. The Bertz CT molecular complexity index is 488. The summed E-state index contributed by atoms with van der Waals surface area (Å²) in [5.41, 5.74) is 3.80. The molecule has 1 aliphatic rings.